The van der Waals surface area contributed by atoms with Gasteiger partial charge in [0.15, 0.2) is 11.6 Å². The Balaban J connectivity index is 2.46. The van der Waals surface area contributed by atoms with E-state index in [0.29, 0.717) is 26.1 Å². The number of hydrogen-bond donors (Lipinski definition) is 1. The number of Topliss-reactive ketones (excluding diaryl/α,β-unsaturated/α-hetero) is 1. The van der Waals surface area contributed by atoms with Crippen molar-refractivity contribution in [2.45, 2.75) is 12.8 Å². The van der Waals surface area contributed by atoms with Crippen LogP contribution in [-0.4, -0.2) is 25.5 Å². The summed E-state index contributed by atoms with van der Waals surface area (Å²) in [6, 6.07) is 2.31. The second-order valence-corrected chi connectivity index (χ2v) is 5.50. The van der Waals surface area contributed by atoms with E-state index in [9.17, 15) is 13.6 Å². The third kappa shape index (κ3) is 2.57. The average molecular weight is 334 g/mol. The summed E-state index contributed by atoms with van der Waals surface area (Å²) < 4.78 is 33.0. The summed E-state index contributed by atoms with van der Waals surface area (Å²) in [7, 11) is 0. The number of benzene rings is 1. The van der Waals surface area contributed by atoms with Crippen LogP contribution >= 0.6 is 15.9 Å². The molecular weight excluding hydrogens is 320 g/mol. The van der Waals surface area contributed by atoms with Gasteiger partial charge >= 0.3 is 0 Å². The molecule has 104 valence electrons. The number of ketones is 1. The van der Waals surface area contributed by atoms with Gasteiger partial charge in [0.05, 0.1) is 15.5 Å². The Hall–Kier alpha value is -0.850. The minimum absolute atomic E-state index is 0.0561. The third-order valence-electron chi connectivity index (χ3n) is 3.59. The van der Waals surface area contributed by atoms with Crippen molar-refractivity contribution in [2.24, 2.45) is 11.1 Å². The maximum Gasteiger partial charge on any atom is 0.176 e. The summed E-state index contributed by atoms with van der Waals surface area (Å²) in [4.78, 5) is 12.5. The number of ether oxygens (including phenoxy) is 1. The SMILES string of the molecule is NCC1(C(=O)c2c(F)ccc(Br)c2F)CCOCC1. The van der Waals surface area contributed by atoms with Gasteiger partial charge in [-0.3, -0.25) is 4.79 Å². The normalized spacial score (nSPS) is 18.3. The average Bonchev–Trinajstić information content (AvgIpc) is 2.44. The van der Waals surface area contributed by atoms with Crippen LogP contribution in [0.5, 0.6) is 0 Å². The molecule has 2 N–H and O–H groups in total. The molecule has 1 fully saturated rings. The molecule has 1 aromatic carbocycles. The zero-order chi connectivity index (χ0) is 14.0. The minimum atomic E-state index is -0.930. The lowest BCUT2D eigenvalue weighted by Gasteiger charge is -2.34. The molecule has 0 unspecified atom stereocenters. The van der Waals surface area contributed by atoms with Gasteiger partial charge in [0.25, 0.3) is 0 Å². The first kappa shape index (κ1) is 14.6. The molecule has 1 saturated heterocycles. The monoisotopic (exact) mass is 333 g/mol. The van der Waals surface area contributed by atoms with Gasteiger partial charge in [0, 0.05) is 19.8 Å². The zero-order valence-corrected chi connectivity index (χ0v) is 11.8. The molecule has 2 rings (SSSR count). The van der Waals surface area contributed by atoms with Gasteiger partial charge in [-0.2, -0.15) is 0 Å². The Morgan fingerprint density at radius 3 is 2.58 bits per heavy atom. The summed E-state index contributed by atoms with van der Waals surface area (Å²) in [5, 5.41) is 0. The Labute approximate surface area is 118 Å². The molecule has 1 aromatic rings. The van der Waals surface area contributed by atoms with Crippen LogP contribution in [0.2, 0.25) is 0 Å². The second kappa shape index (κ2) is 5.64. The van der Waals surface area contributed by atoms with E-state index in [2.05, 4.69) is 15.9 Å². The van der Waals surface area contributed by atoms with E-state index in [1.807, 2.05) is 0 Å². The summed E-state index contributed by atoms with van der Waals surface area (Å²) >= 11 is 2.96. The van der Waals surface area contributed by atoms with Crippen LogP contribution in [0, 0.1) is 17.0 Å². The zero-order valence-electron chi connectivity index (χ0n) is 10.2. The van der Waals surface area contributed by atoms with Crippen LogP contribution in [0.4, 0.5) is 8.78 Å². The fourth-order valence-electron chi connectivity index (χ4n) is 2.29. The number of nitrogens with two attached hydrogens (primary N) is 1. The molecule has 19 heavy (non-hydrogen) atoms. The van der Waals surface area contributed by atoms with Gasteiger partial charge in [0.2, 0.25) is 0 Å². The second-order valence-electron chi connectivity index (χ2n) is 4.64. The van der Waals surface area contributed by atoms with Crippen molar-refractivity contribution in [3.8, 4) is 0 Å². The highest BCUT2D eigenvalue weighted by atomic mass is 79.9. The first-order chi connectivity index (χ1) is 9.02. The molecule has 0 saturated carbocycles. The lowest BCUT2D eigenvalue weighted by molar-refractivity contribution is 0.0195. The van der Waals surface area contributed by atoms with Crippen LogP contribution in [0.25, 0.3) is 0 Å². The Morgan fingerprint density at radius 1 is 1.37 bits per heavy atom. The summed E-state index contributed by atoms with van der Waals surface area (Å²) in [6.45, 7) is 0.806. The molecule has 3 nitrogen and oxygen atoms in total. The van der Waals surface area contributed by atoms with Crippen molar-refractivity contribution in [2.75, 3.05) is 19.8 Å². The van der Waals surface area contributed by atoms with Crippen molar-refractivity contribution >= 4 is 21.7 Å². The van der Waals surface area contributed by atoms with Crippen LogP contribution in [0.15, 0.2) is 16.6 Å². The molecule has 1 aliphatic heterocycles. The van der Waals surface area contributed by atoms with Crippen molar-refractivity contribution in [3.63, 3.8) is 0 Å². The smallest absolute Gasteiger partial charge is 0.176 e. The summed E-state index contributed by atoms with van der Waals surface area (Å²) in [5.41, 5.74) is 4.24. The quantitative estimate of drug-likeness (QED) is 0.683. The lowest BCUT2D eigenvalue weighted by atomic mass is 9.74. The fraction of sp³-hybridized carbons (Fsp3) is 0.462. The molecule has 0 aliphatic carbocycles. The van der Waals surface area contributed by atoms with E-state index in [0.717, 1.165) is 6.07 Å². The number of carbonyl (C=O) groups is 1. The predicted octanol–water partition coefficient (Wildman–Crippen LogP) is 2.67. The number of hydrogen-bond acceptors (Lipinski definition) is 3. The highest BCUT2D eigenvalue weighted by Gasteiger charge is 2.41. The lowest BCUT2D eigenvalue weighted by Crippen LogP contribution is -2.44. The molecule has 1 heterocycles. The molecule has 1 aliphatic rings. The van der Waals surface area contributed by atoms with Gasteiger partial charge in [-0.05, 0) is 40.9 Å². The van der Waals surface area contributed by atoms with Crippen LogP contribution in [0.1, 0.15) is 23.2 Å². The van der Waals surface area contributed by atoms with E-state index in [1.54, 1.807) is 0 Å². The van der Waals surface area contributed by atoms with Gasteiger partial charge in [-0.15, -0.1) is 0 Å². The van der Waals surface area contributed by atoms with Gasteiger partial charge in [0.1, 0.15) is 5.82 Å². The van der Waals surface area contributed by atoms with Gasteiger partial charge in [-0.1, -0.05) is 0 Å². The molecule has 0 amide bonds. The third-order valence-corrected chi connectivity index (χ3v) is 4.21. The molecular formula is C13H14BrF2NO2. The minimum Gasteiger partial charge on any atom is -0.381 e. The first-order valence-corrected chi connectivity index (χ1v) is 6.77. The Kier molecular flexibility index (Phi) is 4.32. The van der Waals surface area contributed by atoms with Crippen molar-refractivity contribution < 1.29 is 18.3 Å². The highest BCUT2D eigenvalue weighted by molar-refractivity contribution is 9.10. The number of carbonyl (C=O) groups excluding carboxylic acids is 1. The number of halogens is 3. The molecule has 0 radical (unpaired) electrons. The van der Waals surface area contributed by atoms with Gasteiger partial charge < -0.3 is 10.5 Å². The maximum atomic E-state index is 14.0. The maximum absolute atomic E-state index is 14.0. The fourth-order valence-corrected chi connectivity index (χ4v) is 2.62. The van der Waals surface area contributed by atoms with Crippen molar-refractivity contribution in [3.05, 3.63) is 33.8 Å². The van der Waals surface area contributed by atoms with E-state index in [1.165, 1.54) is 6.07 Å². The standard InChI is InChI=1S/C13H14BrF2NO2/c14-8-1-2-9(15)10(11(8)16)12(18)13(7-17)3-5-19-6-4-13/h1-2H,3-7,17H2. The summed E-state index contributed by atoms with van der Waals surface area (Å²) in [5.74, 6) is -2.30. The predicted molar refractivity (Wildman–Crippen MR) is 69.9 cm³/mol. The van der Waals surface area contributed by atoms with E-state index < -0.39 is 28.4 Å². The topological polar surface area (TPSA) is 52.3 Å². The van der Waals surface area contributed by atoms with E-state index in [4.69, 9.17) is 10.5 Å². The Morgan fingerprint density at radius 2 is 2.00 bits per heavy atom. The number of rotatable bonds is 3. The van der Waals surface area contributed by atoms with Gasteiger partial charge in [-0.25, -0.2) is 8.78 Å². The van der Waals surface area contributed by atoms with E-state index >= 15 is 0 Å². The van der Waals surface area contributed by atoms with Crippen LogP contribution < -0.4 is 5.73 Å². The van der Waals surface area contributed by atoms with Crippen LogP contribution in [-0.2, 0) is 4.74 Å². The summed E-state index contributed by atoms with van der Waals surface area (Å²) in [6.07, 6.45) is 0.765. The van der Waals surface area contributed by atoms with E-state index in [-0.39, 0.29) is 11.0 Å². The molecule has 0 spiro atoms. The largest absolute Gasteiger partial charge is 0.381 e. The first-order valence-electron chi connectivity index (χ1n) is 5.98. The molecule has 0 bridgehead atoms. The molecule has 0 aromatic heterocycles. The van der Waals surface area contributed by atoms with Crippen LogP contribution in [0.3, 0.4) is 0 Å². The Bertz CT molecular complexity index is 502. The highest BCUT2D eigenvalue weighted by Crippen LogP contribution is 2.35. The van der Waals surface area contributed by atoms with Crippen molar-refractivity contribution in [1.82, 2.24) is 0 Å². The molecule has 6 heteroatoms. The molecule has 0 atom stereocenters. The van der Waals surface area contributed by atoms with Crippen molar-refractivity contribution in [1.29, 1.82) is 0 Å².